The van der Waals surface area contributed by atoms with E-state index < -0.39 is 50.5 Å². The number of aliphatic hydroxyl groups is 1. The number of carbonyl (C=O) groups excluding carboxylic acids is 1. The Hall–Kier alpha value is -1.16. The van der Waals surface area contributed by atoms with Crippen LogP contribution in [0.2, 0.25) is 18.1 Å². The Kier molecular flexibility index (Phi) is 5.77. The Morgan fingerprint density at radius 3 is 2.46 bits per heavy atom. The minimum Gasteiger partial charge on any atom is -0.456 e. The molecule has 0 aliphatic carbocycles. The van der Waals surface area contributed by atoms with Crippen LogP contribution in [0.3, 0.4) is 0 Å². The lowest BCUT2D eigenvalue weighted by atomic mass is 9.95. The van der Waals surface area contributed by atoms with Gasteiger partial charge >= 0.3 is 5.97 Å². The third-order valence-electron chi connectivity index (χ3n) is 5.27. The summed E-state index contributed by atoms with van der Waals surface area (Å²) in [5.74, 6) is -1.72. The van der Waals surface area contributed by atoms with Gasteiger partial charge in [-0.2, -0.15) is 0 Å². The van der Waals surface area contributed by atoms with Crippen molar-refractivity contribution in [3.05, 3.63) is 10.4 Å². The van der Waals surface area contributed by atoms with Crippen molar-refractivity contribution in [1.29, 1.82) is 0 Å². The van der Waals surface area contributed by atoms with Gasteiger partial charge in [0.1, 0.15) is 18.3 Å². The number of nitrogens with zero attached hydrogens (tertiary/aromatic N) is 3. The van der Waals surface area contributed by atoms with Gasteiger partial charge < -0.3 is 23.7 Å². The molecular weight excluding hydrogens is 358 g/mol. The Bertz CT molecular complexity index is 599. The monoisotopic (exact) mass is 387 g/mol. The van der Waals surface area contributed by atoms with Crippen molar-refractivity contribution in [2.75, 3.05) is 6.61 Å². The fourth-order valence-corrected chi connectivity index (χ4v) is 3.81. The molecule has 0 bridgehead atoms. The Morgan fingerprint density at radius 2 is 1.92 bits per heavy atom. The van der Waals surface area contributed by atoms with Crippen molar-refractivity contribution in [1.82, 2.24) is 0 Å². The number of hydrogen-bond acceptors (Lipinski definition) is 7. The van der Waals surface area contributed by atoms with Crippen LogP contribution in [0.1, 0.15) is 34.6 Å². The lowest BCUT2D eigenvalue weighted by Gasteiger charge is -2.39. The van der Waals surface area contributed by atoms with Crippen LogP contribution in [0.15, 0.2) is 5.11 Å². The third kappa shape index (κ3) is 4.21. The number of carbonyl (C=O) groups is 1. The molecule has 0 aromatic rings. The maximum atomic E-state index is 12.2. The highest BCUT2D eigenvalue weighted by molar-refractivity contribution is 6.74. The van der Waals surface area contributed by atoms with Gasteiger partial charge in [0.15, 0.2) is 26.3 Å². The van der Waals surface area contributed by atoms with Crippen LogP contribution in [0.4, 0.5) is 0 Å². The molecule has 2 heterocycles. The molecule has 0 aromatic carbocycles. The minimum atomic E-state index is -2.08. The highest BCUT2D eigenvalue weighted by atomic mass is 28.4. The van der Waals surface area contributed by atoms with Gasteiger partial charge in [-0.05, 0) is 37.5 Å². The number of rotatable bonds is 5. The van der Waals surface area contributed by atoms with E-state index >= 15 is 0 Å². The molecule has 26 heavy (non-hydrogen) atoms. The van der Waals surface area contributed by atoms with Crippen molar-refractivity contribution in [3.8, 4) is 0 Å². The summed E-state index contributed by atoms with van der Waals surface area (Å²) in [5.41, 5.74) is 8.70. The molecular formula is C16H29N3O6Si. The second-order valence-corrected chi connectivity index (χ2v) is 13.6. The standard InChI is InChI=1S/C16H29N3O6Si/c1-15(2,3)26(6,7)22-8-9(20)11-13-12(24-16(4,5)25-13)10(18-19-17)14(21)23-11/h9-13,20H,8H2,1-7H3/t9-,10?,11?,12?,13?/m0/s1. The maximum Gasteiger partial charge on any atom is 0.318 e. The molecule has 2 aliphatic heterocycles. The molecule has 2 saturated heterocycles. The number of fused-ring (bicyclic) bond motifs is 1. The highest BCUT2D eigenvalue weighted by Gasteiger charge is 2.57. The summed E-state index contributed by atoms with van der Waals surface area (Å²) in [4.78, 5) is 14.9. The molecule has 2 fully saturated rings. The summed E-state index contributed by atoms with van der Waals surface area (Å²) in [5, 5.41) is 14.1. The van der Waals surface area contributed by atoms with Gasteiger partial charge in [-0.3, -0.25) is 4.79 Å². The first kappa shape index (κ1) is 21.1. The van der Waals surface area contributed by atoms with Crippen LogP contribution in [0.5, 0.6) is 0 Å². The zero-order chi connectivity index (χ0) is 19.9. The first-order chi connectivity index (χ1) is 11.8. The summed E-state index contributed by atoms with van der Waals surface area (Å²) < 4.78 is 22.9. The number of ether oxygens (including phenoxy) is 3. The zero-order valence-electron chi connectivity index (χ0n) is 16.4. The van der Waals surface area contributed by atoms with E-state index in [1.807, 2.05) is 0 Å². The lowest BCUT2D eigenvalue weighted by Crippen LogP contribution is -2.58. The molecule has 0 amide bonds. The van der Waals surface area contributed by atoms with Gasteiger partial charge in [0.05, 0.1) is 6.61 Å². The fourth-order valence-electron chi connectivity index (χ4n) is 2.79. The average Bonchev–Trinajstić information content (AvgIpc) is 2.81. The second-order valence-electron chi connectivity index (χ2n) is 8.75. The molecule has 5 atom stereocenters. The second kappa shape index (κ2) is 7.10. The number of aliphatic hydroxyl groups excluding tert-OH is 1. The first-order valence-corrected chi connectivity index (χ1v) is 11.6. The fraction of sp³-hybridized carbons (Fsp3) is 0.938. The van der Waals surface area contributed by atoms with Crippen molar-refractivity contribution in [2.24, 2.45) is 5.11 Å². The molecule has 0 spiro atoms. The summed E-state index contributed by atoms with van der Waals surface area (Å²) in [6.07, 6.45) is -3.58. The van der Waals surface area contributed by atoms with E-state index in [9.17, 15) is 9.90 Å². The van der Waals surface area contributed by atoms with Crippen LogP contribution in [0, 0.1) is 0 Å². The Balaban J connectivity index is 2.16. The van der Waals surface area contributed by atoms with Gasteiger partial charge in [0, 0.05) is 4.91 Å². The molecule has 148 valence electrons. The van der Waals surface area contributed by atoms with Crippen molar-refractivity contribution in [2.45, 2.75) is 89.0 Å². The number of esters is 1. The van der Waals surface area contributed by atoms with Crippen molar-refractivity contribution in [3.63, 3.8) is 0 Å². The lowest BCUT2D eigenvalue weighted by molar-refractivity contribution is -0.187. The first-order valence-electron chi connectivity index (χ1n) is 8.71. The predicted molar refractivity (Wildman–Crippen MR) is 95.8 cm³/mol. The number of cyclic esters (lactones) is 1. The Labute approximate surface area is 154 Å². The van der Waals surface area contributed by atoms with Gasteiger partial charge in [-0.15, -0.1) is 0 Å². The van der Waals surface area contributed by atoms with E-state index in [-0.39, 0.29) is 11.6 Å². The number of azide groups is 1. The smallest absolute Gasteiger partial charge is 0.318 e. The molecule has 4 unspecified atom stereocenters. The van der Waals surface area contributed by atoms with E-state index in [0.717, 1.165) is 0 Å². The quantitative estimate of drug-likeness (QED) is 0.254. The number of hydrogen-bond donors (Lipinski definition) is 1. The van der Waals surface area contributed by atoms with Crippen molar-refractivity contribution >= 4 is 14.3 Å². The molecule has 2 aliphatic rings. The molecule has 0 saturated carbocycles. The summed E-state index contributed by atoms with van der Waals surface area (Å²) >= 11 is 0. The normalized spacial score (nSPS) is 32.4. The SMILES string of the molecule is CC1(C)OC2C(N=[N+]=[N-])C(=O)OC([C@@H](O)CO[Si](C)(C)C(C)(C)C)C2O1. The van der Waals surface area contributed by atoms with E-state index in [4.69, 9.17) is 24.2 Å². The summed E-state index contributed by atoms with van der Waals surface area (Å²) in [6.45, 7) is 13.9. The molecule has 2 rings (SSSR count). The Morgan fingerprint density at radius 1 is 1.35 bits per heavy atom. The largest absolute Gasteiger partial charge is 0.456 e. The van der Waals surface area contributed by atoms with Gasteiger partial charge in [-0.1, -0.05) is 25.9 Å². The predicted octanol–water partition coefficient (Wildman–Crippen LogP) is 2.49. The summed E-state index contributed by atoms with van der Waals surface area (Å²) in [6, 6.07) is -1.14. The van der Waals surface area contributed by atoms with E-state index in [0.29, 0.717) is 0 Å². The van der Waals surface area contributed by atoms with Gasteiger partial charge in [0.25, 0.3) is 0 Å². The maximum absolute atomic E-state index is 12.2. The zero-order valence-corrected chi connectivity index (χ0v) is 17.4. The highest BCUT2D eigenvalue weighted by Crippen LogP contribution is 2.39. The molecule has 9 nitrogen and oxygen atoms in total. The van der Waals surface area contributed by atoms with E-state index in [1.54, 1.807) is 13.8 Å². The van der Waals surface area contributed by atoms with Crippen LogP contribution in [0.25, 0.3) is 10.4 Å². The average molecular weight is 388 g/mol. The van der Waals surface area contributed by atoms with Crippen molar-refractivity contribution < 1.29 is 28.5 Å². The topological polar surface area (TPSA) is 123 Å². The van der Waals surface area contributed by atoms with Crippen LogP contribution >= 0.6 is 0 Å². The molecule has 0 radical (unpaired) electrons. The van der Waals surface area contributed by atoms with Crippen LogP contribution in [-0.2, 0) is 23.4 Å². The van der Waals surface area contributed by atoms with Crippen LogP contribution in [-0.4, -0.2) is 62.2 Å². The van der Waals surface area contributed by atoms with E-state index in [1.165, 1.54) is 0 Å². The minimum absolute atomic E-state index is 0.0138. The van der Waals surface area contributed by atoms with Gasteiger partial charge in [0.2, 0.25) is 0 Å². The molecule has 1 N–H and O–H groups in total. The molecule has 0 aromatic heterocycles. The third-order valence-corrected chi connectivity index (χ3v) is 9.77. The van der Waals surface area contributed by atoms with E-state index in [2.05, 4.69) is 43.9 Å². The summed E-state index contributed by atoms with van der Waals surface area (Å²) in [7, 11) is -2.08. The molecule has 10 heteroatoms. The van der Waals surface area contributed by atoms with Crippen LogP contribution < -0.4 is 0 Å². The van der Waals surface area contributed by atoms with Gasteiger partial charge in [-0.25, -0.2) is 0 Å².